The summed E-state index contributed by atoms with van der Waals surface area (Å²) in [5, 5.41) is 0. The molecule has 19 heavy (non-hydrogen) atoms. The predicted molar refractivity (Wildman–Crippen MR) is 65.3 cm³/mol. The lowest BCUT2D eigenvalue weighted by Gasteiger charge is -2.11. The number of hydrogen-bond acceptors (Lipinski definition) is 6. The molecule has 1 amide bonds. The van der Waals surface area contributed by atoms with Gasteiger partial charge < -0.3 is 4.74 Å². The highest BCUT2D eigenvalue weighted by Gasteiger charge is 2.14. The Balaban J connectivity index is 2.85. The monoisotopic (exact) mass is 270 g/mol. The largest absolute Gasteiger partial charge is 0.459 e. The molecule has 0 aliphatic heterocycles. The van der Waals surface area contributed by atoms with Crippen LogP contribution < -0.4 is 22.1 Å². The number of anilines is 1. The van der Waals surface area contributed by atoms with Crippen LogP contribution >= 0.6 is 0 Å². The lowest BCUT2D eigenvalue weighted by Crippen LogP contribution is -2.42. The molecular formula is C10H14N4O5. The van der Waals surface area contributed by atoms with Crippen molar-refractivity contribution in [3.05, 3.63) is 26.9 Å². The highest BCUT2D eigenvalue weighted by Crippen LogP contribution is 1.95. The van der Waals surface area contributed by atoms with E-state index in [0.717, 1.165) is 15.2 Å². The van der Waals surface area contributed by atoms with E-state index in [9.17, 15) is 19.2 Å². The Morgan fingerprint density at radius 1 is 1.26 bits per heavy atom. The molecule has 0 radical (unpaired) electrons. The van der Waals surface area contributed by atoms with Gasteiger partial charge in [0.2, 0.25) is 0 Å². The van der Waals surface area contributed by atoms with Gasteiger partial charge >= 0.3 is 17.6 Å². The maximum Gasteiger partial charge on any atom is 0.398 e. The Labute approximate surface area is 107 Å². The number of hydrogen-bond donors (Lipinski definition) is 2. The molecule has 1 aromatic rings. The zero-order valence-corrected chi connectivity index (χ0v) is 10.7. The number of rotatable bonds is 3. The van der Waals surface area contributed by atoms with Crippen LogP contribution in [0.1, 0.15) is 6.92 Å². The Morgan fingerprint density at radius 3 is 2.47 bits per heavy atom. The lowest BCUT2D eigenvalue weighted by atomic mass is 10.5. The zero-order valence-electron chi connectivity index (χ0n) is 10.7. The first-order valence-corrected chi connectivity index (χ1v) is 5.38. The van der Waals surface area contributed by atoms with Crippen LogP contribution in [0.5, 0.6) is 0 Å². The minimum atomic E-state index is -1.07. The van der Waals surface area contributed by atoms with Crippen LogP contribution in [-0.2, 0) is 28.4 Å². The number of carbonyl (C=O) groups is 2. The van der Waals surface area contributed by atoms with Gasteiger partial charge in [-0.15, -0.1) is 0 Å². The highest BCUT2D eigenvalue weighted by molar-refractivity contribution is 6.32. The molecule has 0 aliphatic rings. The zero-order chi connectivity index (χ0) is 14.6. The van der Waals surface area contributed by atoms with Crippen molar-refractivity contribution in [3.8, 4) is 0 Å². The molecule has 1 aromatic heterocycles. The average molecular weight is 270 g/mol. The normalized spacial score (nSPS) is 9.84. The molecule has 9 heteroatoms. The van der Waals surface area contributed by atoms with Gasteiger partial charge in [-0.25, -0.2) is 9.59 Å². The molecule has 0 aromatic carbocycles. The minimum absolute atomic E-state index is 0.0470. The van der Waals surface area contributed by atoms with Gasteiger partial charge in [-0.3, -0.25) is 29.6 Å². The van der Waals surface area contributed by atoms with Crippen LogP contribution in [0.2, 0.25) is 0 Å². The third-order valence-corrected chi connectivity index (χ3v) is 2.29. The van der Waals surface area contributed by atoms with Crippen LogP contribution in [0.25, 0.3) is 0 Å². The molecule has 9 nitrogen and oxygen atoms in total. The third kappa shape index (κ3) is 3.21. The summed E-state index contributed by atoms with van der Waals surface area (Å²) in [6.45, 7) is 1.62. The fourth-order valence-electron chi connectivity index (χ4n) is 1.22. The number of carbonyl (C=O) groups excluding carboxylic acids is 2. The summed E-state index contributed by atoms with van der Waals surface area (Å²) >= 11 is 0. The molecule has 104 valence electrons. The molecule has 0 spiro atoms. The van der Waals surface area contributed by atoms with Crippen LogP contribution in [-0.4, -0.2) is 27.6 Å². The number of ether oxygens (including phenoxy) is 1. The van der Waals surface area contributed by atoms with Gasteiger partial charge in [0.1, 0.15) is 5.82 Å². The van der Waals surface area contributed by atoms with E-state index >= 15 is 0 Å². The van der Waals surface area contributed by atoms with E-state index in [2.05, 4.69) is 10.2 Å². The molecule has 2 N–H and O–H groups in total. The number of hydrazine groups is 1. The van der Waals surface area contributed by atoms with E-state index in [0.29, 0.717) is 0 Å². The van der Waals surface area contributed by atoms with Gasteiger partial charge in [0.05, 0.1) is 6.61 Å². The summed E-state index contributed by atoms with van der Waals surface area (Å²) in [4.78, 5) is 45.2. The SMILES string of the molecule is CCOC(=O)C(=O)NNc1cc(=O)n(C)c(=O)n1C. The molecule has 0 atom stereocenters. The van der Waals surface area contributed by atoms with Gasteiger partial charge in [-0.1, -0.05) is 0 Å². The number of nitrogens with one attached hydrogen (secondary N) is 2. The molecule has 0 aliphatic carbocycles. The van der Waals surface area contributed by atoms with Crippen LogP contribution in [0.3, 0.4) is 0 Å². The van der Waals surface area contributed by atoms with Gasteiger partial charge in [-0.05, 0) is 6.92 Å². The summed E-state index contributed by atoms with van der Waals surface area (Å²) in [5.74, 6) is -2.05. The van der Waals surface area contributed by atoms with E-state index in [-0.39, 0.29) is 12.4 Å². The Kier molecular flexibility index (Phi) is 4.46. The maximum absolute atomic E-state index is 11.6. The summed E-state index contributed by atoms with van der Waals surface area (Å²) in [5.41, 5.74) is 3.22. The van der Waals surface area contributed by atoms with Crippen molar-refractivity contribution in [2.24, 2.45) is 14.1 Å². The van der Waals surface area contributed by atoms with Crippen molar-refractivity contribution < 1.29 is 14.3 Å². The highest BCUT2D eigenvalue weighted by atomic mass is 16.5. The van der Waals surface area contributed by atoms with Gasteiger partial charge in [-0.2, -0.15) is 0 Å². The average Bonchev–Trinajstić information content (AvgIpc) is 2.38. The van der Waals surface area contributed by atoms with Gasteiger partial charge in [0.25, 0.3) is 5.56 Å². The second-order valence-corrected chi connectivity index (χ2v) is 3.57. The van der Waals surface area contributed by atoms with E-state index in [4.69, 9.17) is 0 Å². The van der Waals surface area contributed by atoms with E-state index in [1.54, 1.807) is 6.92 Å². The van der Waals surface area contributed by atoms with Crippen molar-refractivity contribution in [2.45, 2.75) is 6.92 Å². The lowest BCUT2D eigenvalue weighted by molar-refractivity contribution is -0.154. The first-order valence-electron chi connectivity index (χ1n) is 5.38. The Morgan fingerprint density at radius 2 is 1.89 bits per heavy atom. The van der Waals surface area contributed by atoms with E-state index < -0.39 is 23.1 Å². The topological polar surface area (TPSA) is 111 Å². The minimum Gasteiger partial charge on any atom is -0.459 e. The first-order chi connectivity index (χ1) is 8.88. The Hall–Kier alpha value is -2.58. The van der Waals surface area contributed by atoms with Crippen LogP contribution in [0.15, 0.2) is 15.7 Å². The maximum atomic E-state index is 11.6. The molecule has 0 saturated heterocycles. The summed E-state index contributed by atoms with van der Waals surface area (Å²) in [6, 6.07) is 1.10. The number of nitrogens with zero attached hydrogens (tertiary/aromatic N) is 2. The fraction of sp³-hybridized carbons (Fsp3) is 0.400. The Bertz CT molecular complexity index is 615. The molecular weight excluding hydrogens is 256 g/mol. The number of amides is 1. The van der Waals surface area contributed by atoms with Crippen LogP contribution in [0, 0.1) is 0 Å². The fourth-order valence-corrected chi connectivity index (χ4v) is 1.22. The second kappa shape index (κ2) is 5.85. The van der Waals surface area contributed by atoms with Crippen LogP contribution in [0.4, 0.5) is 5.82 Å². The first kappa shape index (κ1) is 14.5. The van der Waals surface area contributed by atoms with Gasteiger partial charge in [0.15, 0.2) is 0 Å². The molecule has 0 saturated carbocycles. The third-order valence-electron chi connectivity index (χ3n) is 2.29. The molecule has 0 unspecified atom stereocenters. The number of aromatic nitrogens is 2. The smallest absolute Gasteiger partial charge is 0.398 e. The van der Waals surface area contributed by atoms with Crippen molar-refractivity contribution in [1.82, 2.24) is 14.6 Å². The van der Waals surface area contributed by atoms with Crippen molar-refractivity contribution in [3.63, 3.8) is 0 Å². The summed E-state index contributed by atoms with van der Waals surface area (Å²) in [6.07, 6.45) is 0. The van der Waals surface area contributed by atoms with E-state index in [1.807, 2.05) is 5.43 Å². The van der Waals surface area contributed by atoms with Gasteiger partial charge in [0, 0.05) is 20.2 Å². The number of esters is 1. The molecule has 1 rings (SSSR count). The predicted octanol–water partition coefficient (Wildman–Crippen LogP) is -1.91. The molecule has 1 heterocycles. The quantitative estimate of drug-likeness (QED) is 0.376. The second-order valence-electron chi connectivity index (χ2n) is 3.57. The van der Waals surface area contributed by atoms with Crippen molar-refractivity contribution in [2.75, 3.05) is 12.0 Å². The van der Waals surface area contributed by atoms with Crippen molar-refractivity contribution >= 4 is 17.7 Å². The summed E-state index contributed by atoms with van der Waals surface area (Å²) in [7, 11) is 2.73. The standard InChI is InChI=1S/C10H14N4O5/c1-4-19-9(17)8(16)12-11-6-5-7(15)14(3)10(18)13(6)2/h5,11H,4H2,1-3H3,(H,12,16). The summed E-state index contributed by atoms with van der Waals surface area (Å²) < 4.78 is 6.47. The van der Waals surface area contributed by atoms with E-state index in [1.165, 1.54) is 14.1 Å². The van der Waals surface area contributed by atoms with Crippen molar-refractivity contribution in [1.29, 1.82) is 0 Å². The molecule has 0 fully saturated rings. The molecule has 0 bridgehead atoms.